The predicted molar refractivity (Wildman–Crippen MR) is 112 cm³/mol. The maximum absolute atomic E-state index is 12.0. The Morgan fingerprint density at radius 2 is 1.59 bits per heavy atom. The van der Waals surface area contributed by atoms with Gasteiger partial charge in [-0.25, -0.2) is 0 Å². The van der Waals surface area contributed by atoms with Crippen LogP contribution in [0.2, 0.25) is 0 Å². The summed E-state index contributed by atoms with van der Waals surface area (Å²) >= 11 is 0. The van der Waals surface area contributed by atoms with Gasteiger partial charge < -0.3 is 15.4 Å². The van der Waals surface area contributed by atoms with Crippen molar-refractivity contribution in [1.82, 2.24) is 5.32 Å². The van der Waals surface area contributed by atoms with Crippen molar-refractivity contribution < 1.29 is 23.9 Å². The van der Waals surface area contributed by atoms with Crippen molar-refractivity contribution in [2.24, 2.45) is 0 Å². The summed E-state index contributed by atoms with van der Waals surface area (Å²) in [7, 11) is 1.65. The Labute approximate surface area is 172 Å². The lowest BCUT2D eigenvalue weighted by molar-refractivity contribution is -0.126. The molecule has 0 fully saturated rings. The summed E-state index contributed by atoms with van der Waals surface area (Å²) in [5.74, 6) is -0.359. The fraction of sp³-hybridized carbons (Fsp3) is 0.545. The quantitative estimate of drug-likeness (QED) is 0.346. The van der Waals surface area contributed by atoms with Gasteiger partial charge in [0.05, 0.1) is 6.42 Å². The molecule has 0 saturated carbocycles. The minimum atomic E-state index is -0.137. The number of methoxy groups -OCH3 is 1. The summed E-state index contributed by atoms with van der Waals surface area (Å²) in [6.07, 6.45) is 3.77. The van der Waals surface area contributed by atoms with Gasteiger partial charge in [0.1, 0.15) is 11.6 Å². The summed E-state index contributed by atoms with van der Waals surface area (Å²) in [6.45, 7) is 2.72. The zero-order valence-corrected chi connectivity index (χ0v) is 17.4. The number of hydrogen-bond acceptors (Lipinski definition) is 5. The zero-order chi connectivity index (χ0) is 21.5. The average molecular weight is 405 g/mol. The molecule has 29 heavy (non-hydrogen) atoms. The maximum Gasteiger partial charge on any atom is 0.224 e. The Hall–Kier alpha value is -2.54. The van der Waals surface area contributed by atoms with Gasteiger partial charge in [-0.15, -0.1) is 0 Å². The average Bonchev–Trinajstić information content (AvgIpc) is 2.67. The van der Waals surface area contributed by atoms with Crippen LogP contribution < -0.4 is 10.6 Å². The highest BCUT2D eigenvalue weighted by Crippen LogP contribution is 2.12. The Morgan fingerprint density at radius 1 is 0.897 bits per heavy atom. The van der Waals surface area contributed by atoms with Gasteiger partial charge in [0.15, 0.2) is 0 Å². The monoisotopic (exact) mass is 404 g/mol. The van der Waals surface area contributed by atoms with Crippen molar-refractivity contribution in [2.75, 3.05) is 25.6 Å². The normalized spacial score (nSPS) is 10.4. The molecule has 0 atom stereocenters. The van der Waals surface area contributed by atoms with E-state index in [-0.39, 0.29) is 36.2 Å². The molecular formula is C22H32N2O5. The molecule has 2 N–H and O–H groups in total. The fourth-order valence-electron chi connectivity index (χ4n) is 2.73. The predicted octanol–water partition coefficient (Wildman–Crippen LogP) is 2.82. The number of anilines is 1. The zero-order valence-electron chi connectivity index (χ0n) is 17.4. The Bertz CT molecular complexity index is 670. The van der Waals surface area contributed by atoms with Gasteiger partial charge in [0.25, 0.3) is 0 Å². The third-order valence-corrected chi connectivity index (χ3v) is 4.28. The van der Waals surface area contributed by atoms with E-state index in [1.165, 1.54) is 6.92 Å². The summed E-state index contributed by atoms with van der Waals surface area (Å²) in [5.41, 5.74) is 1.65. The van der Waals surface area contributed by atoms with Gasteiger partial charge in [0.2, 0.25) is 11.8 Å². The van der Waals surface area contributed by atoms with Gasteiger partial charge in [-0.3, -0.25) is 19.2 Å². The SMILES string of the molecule is COCCCCNC(=O)CCCC(=O)Nc1ccc(CCC(=O)CC(C)=O)cc1. The van der Waals surface area contributed by atoms with E-state index in [0.717, 1.165) is 18.4 Å². The number of carbonyl (C=O) groups excluding carboxylic acids is 4. The molecule has 7 nitrogen and oxygen atoms in total. The van der Waals surface area contributed by atoms with Crippen molar-refractivity contribution >= 4 is 29.1 Å². The molecular weight excluding hydrogens is 372 g/mol. The lowest BCUT2D eigenvalue weighted by atomic mass is 10.0. The molecule has 0 heterocycles. The van der Waals surface area contributed by atoms with E-state index >= 15 is 0 Å². The number of unbranched alkanes of at least 4 members (excludes halogenated alkanes) is 1. The van der Waals surface area contributed by atoms with E-state index in [9.17, 15) is 19.2 Å². The number of benzene rings is 1. The molecule has 0 saturated heterocycles. The second-order valence-corrected chi connectivity index (χ2v) is 7.07. The summed E-state index contributed by atoms with van der Waals surface area (Å²) in [4.78, 5) is 46.2. The van der Waals surface area contributed by atoms with Crippen molar-refractivity contribution in [2.45, 2.75) is 58.3 Å². The molecule has 2 amide bonds. The number of rotatable bonds is 15. The van der Waals surface area contributed by atoms with Gasteiger partial charge in [0, 0.05) is 45.2 Å². The van der Waals surface area contributed by atoms with E-state index in [4.69, 9.17) is 4.74 Å². The van der Waals surface area contributed by atoms with E-state index in [1.807, 2.05) is 12.1 Å². The van der Waals surface area contributed by atoms with Crippen LogP contribution in [-0.2, 0) is 30.3 Å². The summed E-state index contributed by atoms with van der Waals surface area (Å²) < 4.78 is 4.95. The van der Waals surface area contributed by atoms with Crippen molar-refractivity contribution in [3.63, 3.8) is 0 Å². The number of carbonyl (C=O) groups is 4. The van der Waals surface area contributed by atoms with Crippen LogP contribution in [0, 0.1) is 0 Å². The van der Waals surface area contributed by atoms with Gasteiger partial charge >= 0.3 is 0 Å². The van der Waals surface area contributed by atoms with E-state index < -0.39 is 0 Å². The first-order chi connectivity index (χ1) is 13.9. The molecule has 1 rings (SSSR count). The molecule has 0 aliphatic carbocycles. The van der Waals surface area contributed by atoms with E-state index in [1.54, 1.807) is 19.2 Å². The minimum Gasteiger partial charge on any atom is -0.385 e. The molecule has 7 heteroatoms. The number of aryl methyl sites for hydroxylation is 1. The first-order valence-corrected chi connectivity index (χ1v) is 10.1. The van der Waals surface area contributed by atoms with Crippen molar-refractivity contribution in [1.29, 1.82) is 0 Å². The molecule has 0 radical (unpaired) electrons. The van der Waals surface area contributed by atoms with Crippen LogP contribution in [0.4, 0.5) is 5.69 Å². The third-order valence-electron chi connectivity index (χ3n) is 4.28. The number of ketones is 2. The number of nitrogens with one attached hydrogen (secondary N) is 2. The topological polar surface area (TPSA) is 102 Å². The standard InChI is InChI=1S/C22H32N2O5/c1-17(25)16-20(26)13-10-18-8-11-19(12-9-18)24-22(28)7-5-6-21(27)23-14-3-4-15-29-2/h8-9,11-12H,3-7,10,13-16H2,1-2H3,(H,23,27)(H,24,28). The fourth-order valence-corrected chi connectivity index (χ4v) is 2.73. The van der Waals surface area contributed by atoms with Crippen LogP contribution in [-0.4, -0.2) is 43.6 Å². The lowest BCUT2D eigenvalue weighted by Crippen LogP contribution is -2.24. The first-order valence-electron chi connectivity index (χ1n) is 10.1. The highest BCUT2D eigenvalue weighted by Gasteiger charge is 2.07. The van der Waals surface area contributed by atoms with Gasteiger partial charge in [-0.1, -0.05) is 12.1 Å². The number of Topliss-reactive ketones (excluding diaryl/α,β-unsaturated/α-hetero) is 2. The number of hydrogen-bond donors (Lipinski definition) is 2. The van der Waals surface area contributed by atoms with E-state index in [2.05, 4.69) is 10.6 Å². The Kier molecular flexibility index (Phi) is 12.2. The minimum absolute atomic E-state index is 0.0139. The molecule has 160 valence electrons. The summed E-state index contributed by atoms with van der Waals surface area (Å²) in [5, 5.41) is 5.64. The van der Waals surface area contributed by atoms with Gasteiger partial charge in [-0.2, -0.15) is 0 Å². The van der Waals surface area contributed by atoms with Crippen LogP contribution in [0.25, 0.3) is 0 Å². The van der Waals surface area contributed by atoms with Crippen LogP contribution in [0.1, 0.15) is 57.4 Å². The third kappa shape index (κ3) is 12.5. The molecule has 1 aromatic carbocycles. The van der Waals surface area contributed by atoms with Gasteiger partial charge in [-0.05, 0) is 50.3 Å². The maximum atomic E-state index is 12.0. The summed E-state index contributed by atoms with van der Waals surface area (Å²) in [6, 6.07) is 7.28. The van der Waals surface area contributed by atoms with Crippen LogP contribution in [0.3, 0.4) is 0 Å². The first kappa shape index (κ1) is 24.5. The highest BCUT2D eigenvalue weighted by molar-refractivity contribution is 5.98. The van der Waals surface area contributed by atoms with E-state index in [0.29, 0.717) is 44.5 Å². The molecule has 0 aromatic heterocycles. The molecule has 0 unspecified atom stereocenters. The van der Waals surface area contributed by atoms with Crippen LogP contribution in [0.5, 0.6) is 0 Å². The molecule has 0 aliphatic heterocycles. The van der Waals surface area contributed by atoms with Crippen molar-refractivity contribution in [3.8, 4) is 0 Å². The van der Waals surface area contributed by atoms with Crippen LogP contribution in [0.15, 0.2) is 24.3 Å². The highest BCUT2D eigenvalue weighted by atomic mass is 16.5. The molecule has 0 spiro atoms. The lowest BCUT2D eigenvalue weighted by Gasteiger charge is -2.07. The second kappa shape index (κ2) is 14.5. The van der Waals surface area contributed by atoms with Crippen LogP contribution >= 0.6 is 0 Å². The molecule has 0 aliphatic rings. The number of ether oxygens (including phenoxy) is 1. The Morgan fingerprint density at radius 3 is 2.24 bits per heavy atom. The molecule has 0 bridgehead atoms. The second-order valence-electron chi connectivity index (χ2n) is 7.07. The largest absolute Gasteiger partial charge is 0.385 e. The molecule has 1 aromatic rings. The van der Waals surface area contributed by atoms with Crippen molar-refractivity contribution in [3.05, 3.63) is 29.8 Å². The Balaban J connectivity index is 2.21. The number of amides is 2. The smallest absolute Gasteiger partial charge is 0.224 e.